The summed E-state index contributed by atoms with van der Waals surface area (Å²) in [5.74, 6) is 0. The van der Waals surface area contributed by atoms with Crippen molar-refractivity contribution in [2.24, 2.45) is 0 Å². The first-order valence-corrected chi connectivity index (χ1v) is 11.7. The molecule has 2 heterocycles. The molecule has 10 heteroatoms. The van der Waals surface area contributed by atoms with Gasteiger partial charge in [0, 0.05) is 52.2 Å². The average Bonchev–Trinajstić information content (AvgIpc) is 2.81. The van der Waals surface area contributed by atoms with Crippen molar-refractivity contribution in [1.82, 2.24) is 14.9 Å². The number of benzene rings is 2. The Bertz CT molecular complexity index is 1130. The third-order valence-corrected chi connectivity index (χ3v) is 6.83. The number of nitrogens with zero attached hydrogens (tertiary/aromatic N) is 3. The Kier molecular flexibility index (Phi) is 7.48. The molecule has 1 N–H and O–H groups in total. The van der Waals surface area contributed by atoms with Gasteiger partial charge in [0.05, 0.1) is 20.8 Å². The Balaban J connectivity index is 1.89. The number of alkyl halides is 3. The predicted molar refractivity (Wildman–Crippen MR) is 125 cm³/mol. The van der Waals surface area contributed by atoms with E-state index in [0.29, 0.717) is 42.4 Å². The number of hydrogen-bond donors (Lipinski definition) is 1. The Morgan fingerprint density at radius 2 is 1.76 bits per heavy atom. The van der Waals surface area contributed by atoms with Crippen molar-refractivity contribution in [3.05, 3.63) is 41.3 Å². The number of aromatic nitrogens is 1. The third-order valence-electron chi connectivity index (χ3n) is 5.74. The van der Waals surface area contributed by atoms with Crippen molar-refractivity contribution >= 4 is 27.2 Å². The standard InChI is InChI=1S/C23H28F3N4O2S/c1-31-11-9-30(10-12-32-2)20-15-22-19(14-17(20)23(24,25)26)28-18-4-3-16(13-21(18)33-22)29-7-5-27-6-8-29/h3-4,13-15,27H,5-12H2,1-2H3/q+1. The zero-order chi connectivity index (χ0) is 23.4. The zero-order valence-electron chi connectivity index (χ0n) is 18.7. The Hall–Kier alpha value is -2.27. The predicted octanol–water partition coefficient (Wildman–Crippen LogP) is 2.89. The van der Waals surface area contributed by atoms with Crippen molar-refractivity contribution in [2.75, 3.05) is 71.6 Å². The minimum Gasteiger partial charge on any atom is -0.378 e. The minimum atomic E-state index is -4.50. The second-order valence-electron chi connectivity index (χ2n) is 7.91. The van der Waals surface area contributed by atoms with Crippen LogP contribution in [0.5, 0.6) is 0 Å². The summed E-state index contributed by atoms with van der Waals surface area (Å²) in [4.78, 5) is 7.59. The van der Waals surface area contributed by atoms with Crippen LogP contribution < -0.4 is 20.1 Å². The van der Waals surface area contributed by atoms with Gasteiger partial charge in [0.2, 0.25) is 5.36 Å². The molecule has 178 valence electrons. The van der Waals surface area contributed by atoms with Gasteiger partial charge in [-0.15, -0.1) is 11.3 Å². The van der Waals surface area contributed by atoms with Gasteiger partial charge in [-0.2, -0.15) is 13.2 Å². The second kappa shape index (κ2) is 10.3. The molecular formula is C23H28F3N4O2S+. The van der Waals surface area contributed by atoms with E-state index in [4.69, 9.17) is 9.47 Å². The van der Waals surface area contributed by atoms with Gasteiger partial charge in [-0.1, -0.05) is 0 Å². The molecule has 3 aliphatic rings. The van der Waals surface area contributed by atoms with E-state index in [-0.39, 0.29) is 5.36 Å². The summed E-state index contributed by atoms with van der Waals surface area (Å²) in [5.41, 5.74) is 1.45. The number of ether oxygens (including phenoxy) is 2. The number of piperazine rings is 1. The smallest absolute Gasteiger partial charge is 0.378 e. The topological polar surface area (TPSA) is 49.6 Å². The summed E-state index contributed by atoms with van der Waals surface area (Å²) in [7, 11) is 3.07. The van der Waals surface area contributed by atoms with Gasteiger partial charge >= 0.3 is 6.18 Å². The first kappa shape index (κ1) is 23.9. The van der Waals surface area contributed by atoms with Gasteiger partial charge in [-0.3, -0.25) is 0 Å². The van der Waals surface area contributed by atoms with Crippen LogP contribution in [0.25, 0.3) is 20.8 Å². The summed E-state index contributed by atoms with van der Waals surface area (Å²) in [6.07, 6.45) is -4.50. The molecule has 0 aromatic heterocycles. The van der Waals surface area contributed by atoms with Crippen LogP contribution in [-0.4, -0.2) is 71.7 Å². The maximum atomic E-state index is 14.0. The highest BCUT2D eigenvalue weighted by atomic mass is 32.1. The van der Waals surface area contributed by atoms with Crippen molar-refractivity contribution in [3.63, 3.8) is 0 Å². The van der Waals surface area contributed by atoms with Gasteiger partial charge in [0.1, 0.15) is 18.8 Å². The average molecular weight is 482 g/mol. The minimum absolute atomic E-state index is 0.125. The SMILES string of the molecule is COCC[N+](CCOC)=c1cc2sc3cc(N4CCNCC4)ccc3nc-2cc1C(F)(F)F. The molecule has 0 spiro atoms. The van der Waals surface area contributed by atoms with Crippen LogP contribution in [0.3, 0.4) is 0 Å². The molecule has 1 aliphatic carbocycles. The quantitative estimate of drug-likeness (QED) is 0.416. The second-order valence-corrected chi connectivity index (χ2v) is 8.99. The van der Waals surface area contributed by atoms with Crippen molar-refractivity contribution in [1.29, 1.82) is 0 Å². The van der Waals surface area contributed by atoms with Crippen LogP contribution in [0.1, 0.15) is 5.56 Å². The molecule has 0 unspecified atom stereocenters. The van der Waals surface area contributed by atoms with Gasteiger partial charge in [-0.05, 0) is 24.3 Å². The largest absolute Gasteiger partial charge is 0.422 e. The summed E-state index contributed by atoms with van der Waals surface area (Å²) in [5, 5.41) is 3.47. The van der Waals surface area contributed by atoms with Gasteiger partial charge in [0.25, 0.3) is 0 Å². The molecule has 6 nitrogen and oxygen atoms in total. The lowest BCUT2D eigenvalue weighted by Gasteiger charge is -2.29. The van der Waals surface area contributed by atoms with Crippen LogP contribution in [-0.2, 0) is 15.7 Å². The fraction of sp³-hybridized carbons (Fsp3) is 0.478. The molecule has 0 saturated carbocycles. The Morgan fingerprint density at radius 1 is 1.06 bits per heavy atom. The van der Waals surface area contributed by atoms with Crippen LogP contribution in [0.4, 0.5) is 18.9 Å². The normalized spacial score (nSPS) is 14.9. The highest BCUT2D eigenvalue weighted by Crippen LogP contribution is 2.35. The van der Waals surface area contributed by atoms with E-state index in [9.17, 15) is 13.2 Å². The molecule has 0 atom stereocenters. The van der Waals surface area contributed by atoms with Crippen LogP contribution in [0, 0.1) is 0 Å². The van der Waals surface area contributed by atoms with Crippen LogP contribution in [0.15, 0.2) is 30.3 Å². The molecule has 2 aliphatic heterocycles. The summed E-state index contributed by atoms with van der Waals surface area (Å²) in [6.45, 7) is 4.98. The number of methoxy groups -OCH3 is 2. The maximum Gasteiger partial charge on any atom is 0.422 e. The van der Waals surface area contributed by atoms with E-state index in [0.717, 1.165) is 42.6 Å². The highest BCUT2D eigenvalue weighted by molar-refractivity contribution is 7.21. The molecule has 1 aromatic carbocycles. The van der Waals surface area contributed by atoms with E-state index in [1.165, 1.54) is 25.6 Å². The van der Waals surface area contributed by atoms with Gasteiger partial charge in [-0.25, -0.2) is 9.56 Å². The van der Waals surface area contributed by atoms with E-state index in [1.807, 2.05) is 12.1 Å². The molecule has 0 bridgehead atoms. The fourth-order valence-corrected chi connectivity index (χ4v) is 5.03. The van der Waals surface area contributed by atoms with Crippen molar-refractivity contribution in [3.8, 4) is 10.6 Å². The lowest BCUT2D eigenvalue weighted by Crippen LogP contribution is -2.43. The number of rotatable bonds is 7. The number of fused-ring (bicyclic) bond motifs is 2. The molecule has 1 fully saturated rings. The monoisotopic (exact) mass is 481 g/mol. The molecule has 4 rings (SSSR count). The molecule has 0 amide bonds. The lowest BCUT2D eigenvalue weighted by molar-refractivity contribution is -0.138. The van der Waals surface area contributed by atoms with Crippen LogP contribution >= 0.6 is 11.3 Å². The number of hydrogen-bond acceptors (Lipinski definition) is 6. The van der Waals surface area contributed by atoms with E-state index < -0.39 is 11.7 Å². The van der Waals surface area contributed by atoms with E-state index in [1.54, 1.807) is 10.6 Å². The molecule has 1 saturated heterocycles. The van der Waals surface area contributed by atoms with E-state index in [2.05, 4.69) is 21.3 Å². The first-order chi connectivity index (χ1) is 15.9. The first-order valence-electron chi connectivity index (χ1n) is 10.9. The zero-order valence-corrected chi connectivity index (χ0v) is 19.6. The molecule has 0 radical (unpaired) electrons. The lowest BCUT2D eigenvalue weighted by atomic mass is 10.1. The van der Waals surface area contributed by atoms with E-state index >= 15 is 0 Å². The van der Waals surface area contributed by atoms with Crippen molar-refractivity contribution in [2.45, 2.75) is 6.18 Å². The molecule has 1 aromatic rings. The molecule has 33 heavy (non-hydrogen) atoms. The number of nitrogens with one attached hydrogen (secondary N) is 1. The summed E-state index contributed by atoms with van der Waals surface area (Å²) < 4.78 is 55.0. The summed E-state index contributed by atoms with van der Waals surface area (Å²) in [6, 6.07) is 8.75. The Morgan fingerprint density at radius 3 is 2.39 bits per heavy atom. The fourth-order valence-electron chi connectivity index (χ4n) is 4.02. The number of halogens is 3. The van der Waals surface area contributed by atoms with Crippen LogP contribution in [0.2, 0.25) is 0 Å². The maximum absolute atomic E-state index is 14.0. The summed E-state index contributed by atoms with van der Waals surface area (Å²) >= 11 is 1.47. The van der Waals surface area contributed by atoms with Gasteiger partial charge < -0.3 is 19.7 Å². The third kappa shape index (κ3) is 5.46. The Labute approximate surface area is 194 Å². The van der Waals surface area contributed by atoms with Crippen molar-refractivity contribution < 1.29 is 22.6 Å². The highest BCUT2D eigenvalue weighted by Gasteiger charge is 2.37. The number of anilines is 1. The van der Waals surface area contributed by atoms with Gasteiger partial charge in [0.15, 0.2) is 13.1 Å². The molecular weight excluding hydrogens is 453 g/mol.